The minimum Gasteiger partial charge on any atom is -0.337 e. The first-order chi connectivity index (χ1) is 10.8. The van der Waals surface area contributed by atoms with Crippen LogP contribution in [0.4, 0.5) is 0 Å². The largest absolute Gasteiger partial charge is 0.337 e. The molecule has 2 heterocycles. The third-order valence-corrected chi connectivity index (χ3v) is 4.96. The Labute approximate surface area is 136 Å². The van der Waals surface area contributed by atoms with Crippen molar-refractivity contribution in [3.63, 3.8) is 0 Å². The van der Waals surface area contributed by atoms with E-state index in [0.29, 0.717) is 5.69 Å². The van der Waals surface area contributed by atoms with Crippen LogP contribution in [0, 0.1) is 0 Å². The van der Waals surface area contributed by atoms with Crippen LogP contribution in [0.25, 0.3) is 0 Å². The van der Waals surface area contributed by atoms with Crippen molar-refractivity contribution in [2.75, 3.05) is 13.1 Å². The van der Waals surface area contributed by atoms with Crippen LogP contribution in [-0.4, -0.2) is 28.9 Å². The Hall–Kier alpha value is -1.68. The summed E-state index contributed by atoms with van der Waals surface area (Å²) in [5, 5.41) is 2.93. The predicted octanol–water partition coefficient (Wildman–Crippen LogP) is 4.14. The summed E-state index contributed by atoms with van der Waals surface area (Å²) >= 11 is 1.59. The molecule has 0 radical (unpaired) electrons. The molecular formula is C18H22N2OS. The lowest BCUT2D eigenvalue weighted by atomic mass is 10.1. The number of likely N-dealkylation sites (tertiary alicyclic amines) is 1. The van der Waals surface area contributed by atoms with E-state index in [1.807, 2.05) is 28.5 Å². The van der Waals surface area contributed by atoms with E-state index in [1.165, 1.54) is 24.8 Å². The van der Waals surface area contributed by atoms with Crippen LogP contribution in [-0.2, 0) is 6.42 Å². The van der Waals surface area contributed by atoms with Crippen LogP contribution in [0.15, 0.2) is 35.7 Å². The molecule has 22 heavy (non-hydrogen) atoms. The van der Waals surface area contributed by atoms with Gasteiger partial charge in [-0.25, -0.2) is 4.98 Å². The Morgan fingerprint density at radius 3 is 2.45 bits per heavy atom. The molecule has 0 saturated carbocycles. The normalized spacial score (nSPS) is 16.1. The number of hydrogen-bond acceptors (Lipinski definition) is 3. The topological polar surface area (TPSA) is 33.2 Å². The Morgan fingerprint density at radius 1 is 1.05 bits per heavy atom. The smallest absolute Gasteiger partial charge is 0.273 e. The number of carbonyl (C=O) groups is 1. The molecule has 1 aromatic heterocycles. The number of nitrogens with zero attached hydrogens (tertiary/aromatic N) is 2. The molecule has 1 aromatic carbocycles. The van der Waals surface area contributed by atoms with Crippen LogP contribution in [0.1, 0.15) is 53.2 Å². The van der Waals surface area contributed by atoms with Gasteiger partial charge in [0.2, 0.25) is 0 Å². The maximum absolute atomic E-state index is 12.6. The monoisotopic (exact) mass is 314 g/mol. The molecule has 3 nitrogen and oxygen atoms in total. The molecule has 0 aliphatic carbocycles. The van der Waals surface area contributed by atoms with Crippen LogP contribution in [0.3, 0.4) is 0 Å². The van der Waals surface area contributed by atoms with E-state index in [2.05, 4.69) is 17.1 Å². The van der Waals surface area contributed by atoms with Crippen molar-refractivity contribution in [2.45, 2.75) is 38.5 Å². The van der Waals surface area contributed by atoms with Gasteiger partial charge < -0.3 is 4.90 Å². The van der Waals surface area contributed by atoms with E-state index >= 15 is 0 Å². The molecule has 116 valence electrons. The zero-order valence-corrected chi connectivity index (χ0v) is 13.6. The van der Waals surface area contributed by atoms with Gasteiger partial charge in [0.05, 0.1) is 5.01 Å². The SMILES string of the molecule is O=C(c1csc(Cc2ccccc2)n1)N1CCCCCCC1. The summed E-state index contributed by atoms with van der Waals surface area (Å²) in [6.45, 7) is 1.76. The molecule has 0 atom stereocenters. The average molecular weight is 314 g/mol. The summed E-state index contributed by atoms with van der Waals surface area (Å²) in [7, 11) is 0. The number of benzene rings is 1. The third kappa shape index (κ3) is 3.95. The number of aromatic nitrogens is 1. The molecule has 4 heteroatoms. The molecule has 2 aromatic rings. The second kappa shape index (κ2) is 7.54. The zero-order valence-electron chi connectivity index (χ0n) is 12.8. The summed E-state index contributed by atoms with van der Waals surface area (Å²) in [4.78, 5) is 19.1. The van der Waals surface area contributed by atoms with Gasteiger partial charge in [-0.05, 0) is 18.4 Å². The Kier molecular flexibility index (Phi) is 5.22. The van der Waals surface area contributed by atoms with Crippen molar-refractivity contribution in [1.29, 1.82) is 0 Å². The summed E-state index contributed by atoms with van der Waals surface area (Å²) in [5.41, 5.74) is 1.86. The van der Waals surface area contributed by atoms with E-state index in [4.69, 9.17) is 0 Å². The number of thiazole rings is 1. The first-order valence-corrected chi connectivity index (χ1v) is 8.98. The van der Waals surface area contributed by atoms with Crippen molar-refractivity contribution < 1.29 is 4.79 Å². The highest BCUT2D eigenvalue weighted by molar-refractivity contribution is 7.09. The van der Waals surface area contributed by atoms with Crippen molar-refractivity contribution >= 4 is 17.2 Å². The van der Waals surface area contributed by atoms with Crippen molar-refractivity contribution in [3.05, 3.63) is 52.0 Å². The summed E-state index contributed by atoms with van der Waals surface area (Å²) < 4.78 is 0. The lowest BCUT2D eigenvalue weighted by molar-refractivity contribution is 0.0737. The molecule has 0 spiro atoms. The zero-order chi connectivity index (χ0) is 15.2. The first kappa shape index (κ1) is 15.2. The van der Waals surface area contributed by atoms with Crippen molar-refractivity contribution in [3.8, 4) is 0 Å². The summed E-state index contributed by atoms with van der Waals surface area (Å²) in [5.74, 6) is 0.109. The number of amides is 1. The maximum atomic E-state index is 12.6. The highest BCUT2D eigenvalue weighted by Crippen LogP contribution is 2.18. The van der Waals surface area contributed by atoms with Crippen LogP contribution in [0.2, 0.25) is 0 Å². The molecule has 1 saturated heterocycles. The van der Waals surface area contributed by atoms with Crippen molar-refractivity contribution in [1.82, 2.24) is 9.88 Å². The fraction of sp³-hybridized carbons (Fsp3) is 0.444. The summed E-state index contributed by atoms with van der Waals surface area (Å²) in [6, 6.07) is 10.3. The quantitative estimate of drug-likeness (QED) is 0.853. The fourth-order valence-corrected chi connectivity index (χ4v) is 3.68. The lowest BCUT2D eigenvalue weighted by Crippen LogP contribution is -2.34. The molecule has 1 fully saturated rings. The molecule has 0 bridgehead atoms. The van der Waals surface area contributed by atoms with Gasteiger partial charge in [-0.1, -0.05) is 49.6 Å². The molecule has 0 N–H and O–H groups in total. The Morgan fingerprint density at radius 2 is 1.73 bits per heavy atom. The van der Waals surface area contributed by atoms with Gasteiger partial charge in [-0.3, -0.25) is 4.79 Å². The highest BCUT2D eigenvalue weighted by Gasteiger charge is 2.19. The van der Waals surface area contributed by atoms with Gasteiger partial charge >= 0.3 is 0 Å². The maximum Gasteiger partial charge on any atom is 0.273 e. The molecule has 0 unspecified atom stereocenters. The van der Waals surface area contributed by atoms with Gasteiger partial charge in [0, 0.05) is 24.9 Å². The van der Waals surface area contributed by atoms with E-state index in [-0.39, 0.29) is 5.91 Å². The highest BCUT2D eigenvalue weighted by atomic mass is 32.1. The lowest BCUT2D eigenvalue weighted by Gasteiger charge is -2.23. The van der Waals surface area contributed by atoms with Crippen molar-refractivity contribution in [2.24, 2.45) is 0 Å². The number of rotatable bonds is 3. The second-order valence-electron chi connectivity index (χ2n) is 5.85. The van der Waals surface area contributed by atoms with E-state index < -0.39 is 0 Å². The molecule has 3 rings (SSSR count). The Balaban J connectivity index is 1.65. The van der Waals surface area contributed by atoms with E-state index in [1.54, 1.807) is 11.3 Å². The number of hydrogen-bond donors (Lipinski definition) is 0. The van der Waals surface area contributed by atoms with E-state index in [9.17, 15) is 4.79 Å². The average Bonchev–Trinajstić information content (AvgIpc) is 2.96. The molecule has 1 aliphatic rings. The third-order valence-electron chi connectivity index (χ3n) is 4.11. The van der Waals surface area contributed by atoms with Gasteiger partial charge in [-0.2, -0.15) is 0 Å². The minimum atomic E-state index is 0.109. The van der Waals surface area contributed by atoms with Gasteiger partial charge in [0.25, 0.3) is 5.91 Å². The Bertz CT molecular complexity index is 601. The molecule has 1 aliphatic heterocycles. The predicted molar refractivity (Wildman–Crippen MR) is 90.4 cm³/mol. The number of carbonyl (C=O) groups excluding carboxylic acids is 1. The van der Waals surface area contributed by atoms with Crippen LogP contribution < -0.4 is 0 Å². The van der Waals surface area contributed by atoms with Crippen LogP contribution in [0.5, 0.6) is 0 Å². The van der Waals surface area contributed by atoms with E-state index in [0.717, 1.165) is 37.4 Å². The molecule has 1 amide bonds. The minimum absolute atomic E-state index is 0.109. The standard InChI is InChI=1S/C18H22N2OS/c21-18(20-11-7-2-1-3-8-12-20)16-14-22-17(19-16)13-15-9-5-4-6-10-15/h4-6,9-10,14H,1-3,7-8,11-13H2. The van der Waals surface area contributed by atoms with Gasteiger partial charge in [0.1, 0.15) is 5.69 Å². The second-order valence-corrected chi connectivity index (χ2v) is 6.79. The fourth-order valence-electron chi connectivity index (χ4n) is 2.87. The van der Waals surface area contributed by atoms with Gasteiger partial charge in [-0.15, -0.1) is 11.3 Å². The van der Waals surface area contributed by atoms with Crippen LogP contribution >= 0.6 is 11.3 Å². The summed E-state index contributed by atoms with van der Waals surface area (Å²) in [6.07, 6.45) is 6.82. The first-order valence-electron chi connectivity index (χ1n) is 8.10. The van der Waals surface area contributed by atoms with Gasteiger partial charge in [0.15, 0.2) is 0 Å². The molecular weight excluding hydrogens is 292 g/mol.